The van der Waals surface area contributed by atoms with Crippen LogP contribution < -0.4 is 10.6 Å². The van der Waals surface area contributed by atoms with Crippen molar-refractivity contribution in [2.75, 3.05) is 6.54 Å². The molecule has 1 heterocycles. The Morgan fingerprint density at radius 1 is 1.41 bits per heavy atom. The molecular formula is C13H17ClN2O. The lowest BCUT2D eigenvalue weighted by molar-refractivity contribution is -0.122. The zero-order valence-electron chi connectivity index (χ0n) is 9.71. The predicted octanol–water partition coefficient (Wildman–Crippen LogP) is 2.10. The van der Waals surface area contributed by atoms with E-state index < -0.39 is 0 Å². The van der Waals surface area contributed by atoms with Crippen LogP contribution >= 0.6 is 11.6 Å². The molecule has 1 aliphatic heterocycles. The summed E-state index contributed by atoms with van der Waals surface area (Å²) in [7, 11) is 0. The van der Waals surface area contributed by atoms with Crippen molar-refractivity contribution in [3.63, 3.8) is 0 Å². The van der Waals surface area contributed by atoms with Crippen molar-refractivity contribution in [3.8, 4) is 0 Å². The van der Waals surface area contributed by atoms with Crippen LogP contribution in [0.1, 0.15) is 24.8 Å². The molecule has 0 saturated carbocycles. The van der Waals surface area contributed by atoms with Crippen LogP contribution in [-0.4, -0.2) is 18.5 Å². The van der Waals surface area contributed by atoms with Crippen molar-refractivity contribution in [1.29, 1.82) is 0 Å². The molecule has 1 aromatic rings. The highest BCUT2D eigenvalue weighted by Gasteiger charge is 2.19. The highest BCUT2D eigenvalue weighted by Crippen LogP contribution is 2.11. The maximum Gasteiger partial charge on any atom is 0.237 e. The maximum absolute atomic E-state index is 11.7. The van der Waals surface area contributed by atoms with Gasteiger partial charge in [0.25, 0.3) is 0 Å². The third-order valence-electron chi connectivity index (χ3n) is 2.98. The molecule has 2 N–H and O–H groups in total. The van der Waals surface area contributed by atoms with E-state index in [-0.39, 0.29) is 11.9 Å². The molecule has 0 radical (unpaired) electrons. The summed E-state index contributed by atoms with van der Waals surface area (Å²) in [5.74, 6) is 0.115. The monoisotopic (exact) mass is 252 g/mol. The second kappa shape index (κ2) is 6.03. The summed E-state index contributed by atoms with van der Waals surface area (Å²) in [6.07, 6.45) is 3.07. The van der Waals surface area contributed by atoms with Crippen molar-refractivity contribution < 1.29 is 4.79 Å². The second-order valence-corrected chi connectivity index (χ2v) is 4.79. The summed E-state index contributed by atoms with van der Waals surface area (Å²) in [5, 5.41) is 6.93. The quantitative estimate of drug-likeness (QED) is 0.865. The van der Waals surface area contributed by atoms with E-state index >= 15 is 0 Å². The summed E-state index contributed by atoms with van der Waals surface area (Å²) in [6, 6.07) is 7.63. The second-order valence-electron chi connectivity index (χ2n) is 4.35. The fraction of sp³-hybridized carbons (Fsp3) is 0.462. The number of amides is 1. The summed E-state index contributed by atoms with van der Waals surface area (Å²) < 4.78 is 0. The lowest BCUT2D eigenvalue weighted by Crippen LogP contribution is -2.42. The number of rotatable bonds is 3. The van der Waals surface area contributed by atoms with Gasteiger partial charge in [0.2, 0.25) is 5.91 Å². The smallest absolute Gasteiger partial charge is 0.237 e. The average Bonchev–Trinajstić information content (AvgIpc) is 2.52. The summed E-state index contributed by atoms with van der Waals surface area (Å²) in [4.78, 5) is 11.7. The van der Waals surface area contributed by atoms with Crippen LogP contribution in [0.25, 0.3) is 0 Å². The normalized spacial score (nSPS) is 20.8. The highest BCUT2D eigenvalue weighted by atomic mass is 35.5. The maximum atomic E-state index is 11.7. The van der Waals surface area contributed by atoms with E-state index in [4.69, 9.17) is 11.6 Å². The van der Waals surface area contributed by atoms with Crippen molar-refractivity contribution in [2.24, 2.45) is 0 Å². The summed E-state index contributed by atoms with van der Waals surface area (Å²) in [5.41, 5.74) is 1.11. The van der Waals surface area contributed by atoms with Gasteiger partial charge in [0.1, 0.15) is 0 Å². The molecule has 0 aromatic heterocycles. The Morgan fingerprint density at radius 2 is 2.29 bits per heavy atom. The van der Waals surface area contributed by atoms with Gasteiger partial charge < -0.3 is 10.6 Å². The van der Waals surface area contributed by atoms with Crippen LogP contribution in [0.4, 0.5) is 0 Å². The van der Waals surface area contributed by atoms with Gasteiger partial charge in [-0.05, 0) is 37.0 Å². The Balaban J connectivity index is 1.90. The molecule has 4 heteroatoms. The number of benzene rings is 1. The predicted molar refractivity (Wildman–Crippen MR) is 68.9 cm³/mol. The van der Waals surface area contributed by atoms with E-state index in [9.17, 15) is 4.79 Å². The highest BCUT2D eigenvalue weighted by molar-refractivity contribution is 6.30. The zero-order valence-corrected chi connectivity index (χ0v) is 10.5. The Kier molecular flexibility index (Phi) is 4.40. The first kappa shape index (κ1) is 12.4. The lowest BCUT2D eigenvalue weighted by atomic mass is 10.1. The average molecular weight is 253 g/mol. The minimum absolute atomic E-state index is 0.0727. The van der Waals surface area contributed by atoms with Gasteiger partial charge in [-0.25, -0.2) is 0 Å². The Bertz CT molecular complexity index is 395. The van der Waals surface area contributed by atoms with Gasteiger partial charge in [-0.1, -0.05) is 23.7 Å². The Hall–Kier alpha value is -1.06. The van der Waals surface area contributed by atoms with Crippen molar-refractivity contribution in [3.05, 3.63) is 34.9 Å². The lowest BCUT2D eigenvalue weighted by Gasteiger charge is -2.15. The van der Waals surface area contributed by atoms with Gasteiger partial charge >= 0.3 is 0 Å². The van der Waals surface area contributed by atoms with E-state index in [0.717, 1.165) is 36.4 Å². The number of hydrogen-bond acceptors (Lipinski definition) is 2. The summed E-state index contributed by atoms with van der Waals surface area (Å²) in [6.45, 7) is 1.48. The molecule has 0 bridgehead atoms. The van der Waals surface area contributed by atoms with E-state index in [0.29, 0.717) is 6.54 Å². The molecule has 1 fully saturated rings. The molecule has 1 atom stereocenters. The number of carbonyl (C=O) groups is 1. The largest absolute Gasteiger partial charge is 0.355 e. The Morgan fingerprint density at radius 3 is 3.12 bits per heavy atom. The molecule has 2 rings (SSSR count). The van der Waals surface area contributed by atoms with Crippen LogP contribution in [0.3, 0.4) is 0 Å². The molecule has 1 saturated heterocycles. The fourth-order valence-corrected chi connectivity index (χ4v) is 2.23. The topological polar surface area (TPSA) is 41.1 Å². The van der Waals surface area contributed by atoms with Crippen molar-refractivity contribution in [1.82, 2.24) is 10.6 Å². The van der Waals surface area contributed by atoms with Gasteiger partial charge in [0, 0.05) is 18.1 Å². The van der Waals surface area contributed by atoms with Crippen LogP contribution in [0.15, 0.2) is 24.3 Å². The molecule has 0 aliphatic carbocycles. The van der Waals surface area contributed by atoms with Crippen LogP contribution in [-0.2, 0) is 11.3 Å². The standard InChI is InChI=1S/C13H17ClN2O/c14-11-5-3-4-10(8-11)9-16-12-6-1-2-7-15-13(12)17/h3-5,8,12,16H,1-2,6-7,9H2,(H,15,17). The van der Waals surface area contributed by atoms with E-state index in [2.05, 4.69) is 10.6 Å². The van der Waals surface area contributed by atoms with Crippen molar-refractivity contribution in [2.45, 2.75) is 31.8 Å². The third kappa shape index (κ3) is 3.72. The van der Waals surface area contributed by atoms with Gasteiger partial charge in [-0.2, -0.15) is 0 Å². The van der Waals surface area contributed by atoms with E-state index in [1.54, 1.807) is 0 Å². The molecular weight excluding hydrogens is 236 g/mol. The fourth-order valence-electron chi connectivity index (χ4n) is 2.02. The van der Waals surface area contributed by atoms with Gasteiger partial charge in [0.15, 0.2) is 0 Å². The van der Waals surface area contributed by atoms with Gasteiger partial charge in [-0.15, -0.1) is 0 Å². The molecule has 1 aliphatic rings. The van der Waals surface area contributed by atoms with Gasteiger partial charge in [-0.3, -0.25) is 4.79 Å². The van der Waals surface area contributed by atoms with Crippen LogP contribution in [0.2, 0.25) is 5.02 Å². The molecule has 92 valence electrons. The number of halogens is 1. The first-order valence-corrected chi connectivity index (χ1v) is 6.39. The van der Waals surface area contributed by atoms with Gasteiger partial charge in [0.05, 0.1) is 6.04 Å². The molecule has 3 nitrogen and oxygen atoms in total. The third-order valence-corrected chi connectivity index (χ3v) is 3.21. The van der Waals surface area contributed by atoms with Crippen LogP contribution in [0.5, 0.6) is 0 Å². The van der Waals surface area contributed by atoms with E-state index in [1.165, 1.54) is 0 Å². The van der Waals surface area contributed by atoms with Crippen LogP contribution in [0, 0.1) is 0 Å². The molecule has 1 amide bonds. The summed E-state index contributed by atoms with van der Waals surface area (Å²) >= 11 is 5.91. The molecule has 0 spiro atoms. The first-order valence-electron chi connectivity index (χ1n) is 6.01. The molecule has 1 aromatic carbocycles. The molecule has 17 heavy (non-hydrogen) atoms. The SMILES string of the molecule is O=C1NCCCCC1NCc1cccc(Cl)c1. The molecule has 1 unspecified atom stereocenters. The minimum atomic E-state index is -0.0727. The minimum Gasteiger partial charge on any atom is -0.355 e. The zero-order chi connectivity index (χ0) is 12.1. The Labute approximate surface area is 107 Å². The number of carbonyl (C=O) groups excluding carboxylic acids is 1. The van der Waals surface area contributed by atoms with Crippen molar-refractivity contribution >= 4 is 17.5 Å². The number of hydrogen-bond donors (Lipinski definition) is 2. The van der Waals surface area contributed by atoms with E-state index in [1.807, 2.05) is 24.3 Å². The number of nitrogens with one attached hydrogen (secondary N) is 2. The first-order chi connectivity index (χ1) is 8.25.